The van der Waals surface area contributed by atoms with Crippen molar-refractivity contribution in [1.29, 1.82) is 0 Å². The van der Waals surface area contributed by atoms with E-state index in [0.717, 1.165) is 23.6 Å². The maximum atomic E-state index is 6.01. The van der Waals surface area contributed by atoms with Crippen molar-refractivity contribution in [2.75, 3.05) is 14.2 Å². The van der Waals surface area contributed by atoms with Gasteiger partial charge in [0, 0.05) is 17.0 Å². The lowest BCUT2D eigenvalue weighted by Crippen LogP contribution is -2.24. The summed E-state index contributed by atoms with van der Waals surface area (Å²) in [7, 11) is 3.74. The van der Waals surface area contributed by atoms with Crippen LogP contribution in [0, 0.1) is 0 Å². The smallest absolute Gasteiger partial charge is 0.119 e. The van der Waals surface area contributed by atoms with Crippen molar-refractivity contribution in [2.45, 2.75) is 24.8 Å². The van der Waals surface area contributed by atoms with Gasteiger partial charge in [0.1, 0.15) is 5.75 Å². The molecule has 0 fully saturated rings. The van der Waals surface area contributed by atoms with Crippen molar-refractivity contribution >= 4 is 11.6 Å². The van der Waals surface area contributed by atoms with Crippen molar-refractivity contribution < 1.29 is 4.74 Å². The lowest BCUT2D eigenvalue weighted by atomic mass is 9.76. The molecule has 0 saturated heterocycles. The van der Waals surface area contributed by atoms with Gasteiger partial charge in [0.15, 0.2) is 0 Å². The molecule has 0 radical (unpaired) electrons. The number of hydrogen-bond acceptors (Lipinski definition) is 2. The quantitative estimate of drug-likeness (QED) is 0.899. The van der Waals surface area contributed by atoms with E-state index in [1.165, 1.54) is 16.7 Å². The minimum absolute atomic E-state index is 0.402. The summed E-state index contributed by atoms with van der Waals surface area (Å²) in [6.07, 6.45) is 2.27. The van der Waals surface area contributed by atoms with Gasteiger partial charge in [-0.2, -0.15) is 0 Å². The number of halogens is 1. The minimum atomic E-state index is 0.402. The third-order valence-electron chi connectivity index (χ3n) is 4.41. The van der Waals surface area contributed by atoms with Gasteiger partial charge in [-0.15, -0.1) is 0 Å². The van der Waals surface area contributed by atoms with E-state index in [1.54, 1.807) is 7.11 Å². The van der Waals surface area contributed by atoms with E-state index >= 15 is 0 Å². The van der Waals surface area contributed by atoms with Crippen LogP contribution in [0.3, 0.4) is 0 Å². The Kier molecular flexibility index (Phi) is 4.18. The van der Waals surface area contributed by atoms with Crippen LogP contribution >= 0.6 is 11.6 Å². The lowest BCUT2D eigenvalue weighted by Gasteiger charge is -2.32. The number of methoxy groups -OCH3 is 1. The van der Waals surface area contributed by atoms with Gasteiger partial charge in [-0.05, 0) is 60.8 Å². The molecule has 0 heterocycles. The molecule has 1 aliphatic carbocycles. The number of ether oxygens (including phenoxy) is 1. The van der Waals surface area contributed by atoms with E-state index in [-0.39, 0.29) is 0 Å². The second kappa shape index (κ2) is 6.08. The molecule has 110 valence electrons. The monoisotopic (exact) mass is 301 g/mol. The molecule has 0 aromatic heterocycles. The first-order chi connectivity index (χ1) is 10.2. The summed E-state index contributed by atoms with van der Waals surface area (Å²) in [5.74, 6) is 1.36. The summed E-state index contributed by atoms with van der Waals surface area (Å²) in [6.45, 7) is 0. The highest BCUT2D eigenvalue weighted by Gasteiger charge is 2.27. The Morgan fingerprint density at radius 3 is 2.48 bits per heavy atom. The van der Waals surface area contributed by atoms with Crippen molar-refractivity contribution in [3.05, 3.63) is 64.2 Å². The molecule has 1 N–H and O–H groups in total. The highest BCUT2D eigenvalue weighted by atomic mass is 35.5. The van der Waals surface area contributed by atoms with Gasteiger partial charge >= 0.3 is 0 Å². The van der Waals surface area contributed by atoms with Crippen LogP contribution in [0.5, 0.6) is 5.75 Å². The molecule has 3 heteroatoms. The molecule has 2 nitrogen and oxygen atoms in total. The van der Waals surface area contributed by atoms with Crippen molar-refractivity contribution in [1.82, 2.24) is 5.32 Å². The van der Waals surface area contributed by atoms with Crippen LogP contribution in [0.25, 0.3) is 0 Å². The maximum absolute atomic E-state index is 6.01. The van der Waals surface area contributed by atoms with Gasteiger partial charge in [-0.3, -0.25) is 0 Å². The minimum Gasteiger partial charge on any atom is -0.497 e. The zero-order valence-corrected chi connectivity index (χ0v) is 13.2. The standard InChI is InChI=1S/C18H20ClNO/c1-20-18-10-9-15(12-3-5-13(19)6-4-12)16-8-7-14(21-2)11-17(16)18/h3-8,11,15,18,20H,9-10H2,1-2H3. The van der Waals surface area contributed by atoms with Crippen LogP contribution < -0.4 is 10.1 Å². The van der Waals surface area contributed by atoms with Gasteiger partial charge in [0.05, 0.1) is 7.11 Å². The van der Waals surface area contributed by atoms with Crippen LogP contribution in [-0.4, -0.2) is 14.2 Å². The van der Waals surface area contributed by atoms with Gasteiger partial charge in [0.2, 0.25) is 0 Å². The molecule has 0 bridgehead atoms. The van der Waals surface area contributed by atoms with Crippen molar-refractivity contribution in [3.8, 4) is 5.75 Å². The summed E-state index contributed by atoms with van der Waals surface area (Å²) in [5, 5.41) is 4.21. The van der Waals surface area contributed by atoms with Crippen LogP contribution in [0.1, 0.15) is 41.5 Å². The Balaban J connectivity index is 2.04. The van der Waals surface area contributed by atoms with E-state index in [2.05, 4.69) is 35.6 Å². The first-order valence-electron chi connectivity index (χ1n) is 7.33. The second-order valence-corrected chi connectivity index (χ2v) is 5.95. The Hall–Kier alpha value is -1.51. The molecule has 21 heavy (non-hydrogen) atoms. The van der Waals surface area contributed by atoms with Crippen LogP contribution in [0.15, 0.2) is 42.5 Å². The number of rotatable bonds is 3. The Morgan fingerprint density at radius 2 is 1.81 bits per heavy atom. The first kappa shape index (κ1) is 14.4. The molecule has 0 saturated carbocycles. The van der Waals surface area contributed by atoms with Gasteiger partial charge < -0.3 is 10.1 Å². The summed E-state index contributed by atoms with van der Waals surface area (Å²) in [6, 6.07) is 15.1. The Bertz CT molecular complexity index is 624. The summed E-state index contributed by atoms with van der Waals surface area (Å²) in [4.78, 5) is 0. The third-order valence-corrected chi connectivity index (χ3v) is 4.66. The predicted octanol–water partition coefficient (Wildman–Crippen LogP) is 4.53. The molecule has 0 aliphatic heterocycles. The zero-order valence-electron chi connectivity index (χ0n) is 12.4. The Morgan fingerprint density at radius 1 is 1.05 bits per heavy atom. The average Bonchev–Trinajstić information content (AvgIpc) is 2.54. The molecule has 1 aliphatic rings. The molecule has 2 aromatic carbocycles. The molecule has 0 amide bonds. The third kappa shape index (κ3) is 2.78. The predicted molar refractivity (Wildman–Crippen MR) is 87.3 cm³/mol. The van der Waals surface area contributed by atoms with Gasteiger partial charge in [-0.25, -0.2) is 0 Å². The van der Waals surface area contributed by atoms with E-state index in [4.69, 9.17) is 16.3 Å². The van der Waals surface area contributed by atoms with Crippen LogP contribution in [0.2, 0.25) is 5.02 Å². The topological polar surface area (TPSA) is 21.3 Å². The summed E-state index contributed by atoms with van der Waals surface area (Å²) >= 11 is 6.01. The van der Waals surface area contributed by atoms with E-state index in [0.29, 0.717) is 12.0 Å². The number of benzene rings is 2. The van der Waals surface area contributed by atoms with Crippen LogP contribution in [-0.2, 0) is 0 Å². The summed E-state index contributed by atoms with van der Waals surface area (Å²) in [5.41, 5.74) is 4.08. The molecule has 2 aromatic rings. The fourth-order valence-electron chi connectivity index (χ4n) is 3.28. The van der Waals surface area contributed by atoms with Crippen molar-refractivity contribution in [3.63, 3.8) is 0 Å². The van der Waals surface area contributed by atoms with E-state index in [1.807, 2.05) is 19.2 Å². The maximum Gasteiger partial charge on any atom is 0.119 e. The second-order valence-electron chi connectivity index (χ2n) is 5.52. The highest BCUT2D eigenvalue weighted by molar-refractivity contribution is 6.30. The molecule has 0 spiro atoms. The SMILES string of the molecule is CNC1CCC(c2ccc(Cl)cc2)c2ccc(OC)cc21. The largest absolute Gasteiger partial charge is 0.497 e. The van der Waals surface area contributed by atoms with Crippen molar-refractivity contribution in [2.24, 2.45) is 0 Å². The molecular weight excluding hydrogens is 282 g/mol. The van der Waals surface area contributed by atoms with Crippen LogP contribution in [0.4, 0.5) is 0 Å². The first-order valence-corrected chi connectivity index (χ1v) is 7.71. The van der Waals surface area contributed by atoms with Gasteiger partial charge in [0.25, 0.3) is 0 Å². The zero-order chi connectivity index (χ0) is 14.8. The lowest BCUT2D eigenvalue weighted by molar-refractivity contribution is 0.409. The number of fused-ring (bicyclic) bond motifs is 1. The Labute approximate surface area is 131 Å². The number of hydrogen-bond donors (Lipinski definition) is 1. The normalized spacial score (nSPS) is 20.9. The molecular formula is C18H20ClNO. The molecule has 2 unspecified atom stereocenters. The van der Waals surface area contributed by atoms with E-state index < -0.39 is 0 Å². The fraction of sp³-hybridized carbons (Fsp3) is 0.333. The average molecular weight is 302 g/mol. The molecule has 2 atom stereocenters. The number of nitrogens with one attached hydrogen (secondary N) is 1. The van der Waals surface area contributed by atoms with E-state index in [9.17, 15) is 0 Å². The fourth-order valence-corrected chi connectivity index (χ4v) is 3.41. The summed E-state index contributed by atoms with van der Waals surface area (Å²) < 4.78 is 5.38. The molecule has 3 rings (SSSR count). The van der Waals surface area contributed by atoms with Gasteiger partial charge in [-0.1, -0.05) is 29.8 Å². The highest BCUT2D eigenvalue weighted by Crippen LogP contribution is 2.42.